The molecule has 0 spiro atoms. The van der Waals surface area contributed by atoms with E-state index in [0.717, 1.165) is 50.1 Å². The number of aromatic nitrogens is 3. The molecule has 0 saturated heterocycles. The largest absolute Gasteiger partial charge is 0.208 e. The van der Waals surface area contributed by atoms with E-state index >= 15 is 0 Å². The monoisotopic (exact) mass is 795 g/mol. The average Bonchev–Trinajstić information content (AvgIpc) is 3.74. The second-order valence-corrected chi connectivity index (χ2v) is 16.2. The van der Waals surface area contributed by atoms with Gasteiger partial charge in [0.1, 0.15) is 0 Å². The average molecular weight is 796 g/mol. The molecule has 0 radical (unpaired) electrons. The summed E-state index contributed by atoms with van der Waals surface area (Å²) < 4.78 is 2.64. The zero-order valence-electron chi connectivity index (χ0n) is 33.1. The predicted octanol–water partition coefficient (Wildman–Crippen LogP) is 15.6. The first-order valence-corrected chi connectivity index (χ1v) is 21.3. The van der Waals surface area contributed by atoms with Gasteiger partial charge in [-0.25, -0.2) is 15.0 Å². The number of thiophene rings is 1. The highest BCUT2D eigenvalue weighted by Crippen LogP contribution is 2.41. The fourth-order valence-electron chi connectivity index (χ4n) is 8.30. The van der Waals surface area contributed by atoms with Crippen LogP contribution in [0.1, 0.15) is 0 Å². The summed E-state index contributed by atoms with van der Waals surface area (Å²) in [6.45, 7) is 0. The molecule has 0 N–H and O–H groups in total. The van der Waals surface area contributed by atoms with Crippen molar-refractivity contribution in [2.24, 2.45) is 0 Å². The van der Waals surface area contributed by atoms with Crippen molar-refractivity contribution < 1.29 is 0 Å². The molecular weight excluding hydrogens is 759 g/mol. The van der Waals surface area contributed by atoms with Crippen LogP contribution in [0, 0.1) is 0 Å². The Morgan fingerprint density at radius 3 is 1.38 bits per heavy atom. The first kappa shape index (κ1) is 36.3. The lowest BCUT2D eigenvalue weighted by Gasteiger charge is -2.13. The van der Waals surface area contributed by atoms with Crippen LogP contribution in [0.3, 0.4) is 0 Å². The quantitative estimate of drug-likeness (QED) is 0.154. The summed E-state index contributed by atoms with van der Waals surface area (Å²) >= 11 is 1.87. The number of nitrogens with zero attached hydrogens (tertiary/aromatic N) is 3. The molecule has 0 saturated carbocycles. The number of hydrogen-bond acceptors (Lipinski definition) is 4. The van der Waals surface area contributed by atoms with Crippen molar-refractivity contribution >= 4 is 31.5 Å². The van der Waals surface area contributed by atoms with E-state index in [9.17, 15) is 0 Å². The third-order valence-electron chi connectivity index (χ3n) is 11.4. The van der Waals surface area contributed by atoms with Crippen molar-refractivity contribution in [2.75, 3.05) is 0 Å². The van der Waals surface area contributed by atoms with Crippen molar-refractivity contribution in [2.45, 2.75) is 0 Å². The van der Waals surface area contributed by atoms with E-state index in [4.69, 9.17) is 15.0 Å². The van der Waals surface area contributed by atoms with E-state index in [1.54, 1.807) is 0 Å². The van der Waals surface area contributed by atoms with Gasteiger partial charge in [-0.1, -0.05) is 200 Å². The molecule has 11 aromatic rings. The van der Waals surface area contributed by atoms with Gasteiger partial charge in [-0.3, -0.25) is 0 Å². The molecule has 61 heavy (non-hydrogen) atoms. The third kappa shape index (κ3) is 7.09. The van der Waals surface area contributed by atoms with Gasteiger partial charge in [0.25, 0.3) is 0 Å². The standard InChI is InChI=1S/C57H37N3S/c1-3-15-38(16-4-1)39-31-33-41(34-32-39)55-58-56(60-57(59-55)52-27-8-7-25-48(52)40-17-5-2-6-18-40)47-24-13-22-45(37-47)43-20-11-19-42(35-43)44-21-12-23-46(36-44)49-28-14-29-51-50-26-9-10-30-53(50)61-54(49)51/h1-37H. The molecule has 0 fully saturated rings. The number of benzene rings is 9. The molecule has 11 rings (SSSR count). The van der Waals surface area contributed by atoms with Gasteiger partial charge in [0.2, 0.25) is 0 Å². The molecule has 2 aromatic heterocycles. The second kappa shape index (κ2) is 15.8. The van der Waals surface area contributed by atoms with E-state index < -0.39 is 0 Å². The molecule has 0 aliphatic heterocycles. The van der Waals surface area contributed by atoms with Crippen molar-refractivity contribution in [1.29, 1.82) is 0 Å². The molecule has 0 bridgehead atoms. The molecule has 0 amide bonds. The SMILES string of the molecule is c1ccc(-c2ccc(-c3nc(-c4cccc(-c5cccc(-c6cccc(-c7cccc8c7sc7ccccc78)c6)c5)c4)nc(-c4ccccc4-c4ccccc4)n3)cc2)cc1. The Morgan fingerprint density at radius 2 is 0.672 bits per heavy atom. The lowest BCUT2D eigenvalue weighted by molar-refractivity contribution is 1.07. The lowest BCUT2D eigenvalue weighted by atomic mass is 9.95. The van der Waals surface area contributed by atoms with Gasteiger partial charge in [-0.15, -0.1) is 11.3 Å². The Kier molecular flexibility index (Phi) is 9.38. The molecule has 9 aromatic carbocycles. The zero-order valence-corrected chi connectivity index (χ0v) is 33.9. The van der Waals surface area contributed by atoms with Crippen molar-refractivity contribution in [3.63, 3.8) is 0 Å². The summed E-state index contributed by atoms with van der Waals surface area (Å²) in [5.41, 5.74) is 14.3. The van der Waals surface area contributed by atoms with Crippen LogP contribution in [0.4, 0.5) is 0 Å². The maximum atomic E-state index is 5.20. The molecule has 0 aliphatic carbocycles. The van der Waals surface area contributed by atoms with Gasteiger partial charge < -0.3 is 0 Å². The fraction of sp³-hybridized carbons (Fsp3) is 0. The highest BCUT2D eigenvalue weighted by Gasteiger charge is 2.17. The van der Waals surface area contributed by atoms with Gasteiger partial charge in [0.15, 0.2) is 17.5 Å². The number of fused-ring (bicyclic) bond motifs is 3. The van der Waals surface area contributed by atoms with Crippen LogP contribution in [0.2, 0.25) is 0 Å². The Hall–Kier alpha value is -7.79. The van der Waals surface area contributed by atoms with Gasteiger partial charge >= 0.3 is 0 Å². The van der Waals surface area contributed by atoms with E-state index in [-0.39, 0.29) is 0 Å². The summed E-state index contributed by atoms with van der Waals surface area (Å²) in [6, 6.07) is 79.3. The Labute approximate surface area is 359 Å². The molecule has 286 valence electrons. The van der Waals surface area contributed by atoms with Crippen LogP contribution in [0.15, 0.2) is 224 Å². The summed E-state index contributed by atoms with van der Waals surface area (Å²) in [4.78, 5) is 15.5. The number of rotatable bonds is 8. The molecule has 2 heterocycles. The van der Waals surface area contributed by atoms with E-state index in [1.807, 2.05) is 29.5 Å². The Balaban J connectivity index is 0.979. The Bertz CT molecular complexity index is 3350. The van der Waals surface area contributed by atoms with Crippen LogP contribution in [0.25, 0.3) is 110 Å². The first-order chi connectivity index (χ1) is 30.2. The minimum atomic E-state index is 0.621. The summed E-state index contributed by atoms with van der Waals surface area (Å²) in [7, 11) is 0. The van der Waals surface area contributed by atoms with Crippen LogP contribution in [-0.4, -0.2) is 15.0 Å². The number of hydrogen-bond donors (Lipinski definition) is 0. The van der Waals surface area contributed by atoms with Crippen LogP contribution >= 0.6 is 11.3 Å². The highest BCUT2D eigenvalue weighted by atomic mass is 32.1. The molecule has 0 atom stereocenters. The van der Waals surface area contributed by atoms with Crippen molar-refractivity contribution in [3.05, 3.63) is 224 Å². The minimum Gasteiger partial charge on any atom is -0.208 e. The third-order valence-corrected chi connectivity index (χ3v) is 12.6. The Morgan fingerprint density at radius 1 is 0.246 bits per heavy atom. The van der Waals surface area contributed by atoms with E-state index in [1.165, 1.54) is 42.4 Å². The molecule has 0 unspecified atom stereocenters. The summed E-state index contributed by atoms with van der Waals surface area (Å²) in [6.07, 6.45) is 0. The second-order valence-electron chi connectivity index (χ2n) is 15.2. The highest BCUT2D eigenvalue weighted by molar-refractivity contribution is 7.26. The smallest absolute Gasteiger partial charge is 0.164 e. The molecule has 4 heteroatoms. The van der Waals surface area contributed by atoms with Gasteiger partial charge in [0.05, 0.1) is 0 Å². The van der Waals surface area contributed by atoms with Crippen molar-refractivity contribution in [1.82, 2.24) is 15.0 Å². The van der Waals surface area contributed by atoms with Crippen LogP contribution < -0.4 is 0 Å². The van der Waals surface area contributed by atoms with Gasteiger partial charge in [-0.05, 0) is 79.9 Å². The predicted molar refractivity (Wildman–Crippen MR) is 256 cm³/mol. The maximum absolute atomic E-state index is 5.20. The van der Waals surface area contributed by atoms with Crippen LogP contribution in [-0.2, 0) is 0 Å². The van der Waals surface area contributed by atoms with Crippen LogP contribution in [0.5, 0.6) is 0 Å². The normalized spacial score (nSPS) is 11.3. The topological polar surface area (TPSA) is 38.7 Å². The van der Waals surface area contributed by atoms with Gasteiger partial charge in [0, 0.05) is 36.9 Å². The van der Waals surface area contributed by atoms with E-state index in [0.29, 0.717) is 17.5 Å². The fourth-order valence-corrected chi connectivity index (χ4v) is 9.54. The lowest BCUT2D eigenvalue weighted by Crippen LogP contribution is -2.01. The van der Waals surface area contributed by atoms with E-state index in [2.05, 4.69) is 206 Å². The van der Waals surface area contributed by atoms with Crippen molar-refractivity contribution in [3.8, 4) is 89.8 Å². The molecule has 3 nitrogen and oxygen atoms in total. The maximum Gasteiger partial charge on any atom is 0.164 e. The molecule has 0 aliphatic rings. The summed E-state index contributed by atoms with van der Waals surface area (Å²) in [5.74, 6) is 1.88. The summed E-state index contributed by atoms with van der Waals surface area (Å²) in [5, 5.41) is 2.62. The van der Waals surface area contributed by atoms with Gasteiger partial charge in [-0.2, -0.15) is 0 Å². The zero-order chi connectivity index (χ0) is 40.5. The first-order valence-electron chi connectivity index (χ1n) is 20.5. The minimum absolute atomic E-state index is 0.621. The molecular formula is C57H37N3S.